The van der Waals surface area contributed by atoms with E-state index in [1.165, 1.54) is 38.8 Å². The Hall–Kier alpha value is -2.80. The molecule has 4 aromatic rings. The highest BCUT2D eigenvalue weighted by molar-refractivity contribution is 7.85. The largest absolute Gasteiger partial charge is 0.744 e. The average molecular weight is 438 g/mol. The lowest BCUT2D eigenvalue weighted by Crippen LogP contribution is -2.31. The summed E-state index contributed by atoms with van der Waals surface area (Å²) in [6.07, 6.45) is 0. The number of aryl methyl sites for hydroxylation is 2. The fourth-order valence-electron chi connectivity index (χ4n) is 2.99. The SMILES string of the molecule is Cc1ccc(S(=O)(=O)[O-])cc1.Cc1sc(-c2ccccc2)c(-c2ccccc2)[n+]1C. The highest BCUT2D eigenvalue weighted by atomic mass is 32.2. The molecule has 30 heavy (non-hydrogen) atoms. The summed E-state index contributed by atoms with van der Waals surface area (Å²) < 4.78 is 33.4. The van der Waals surface area contributed by atoms with E-state index in [4.69, 9.17) is 0 Å². The summed E-state index contributed by atoms with van der Waals surface area (Å²) in [5, 5.41) is 1.32. The third-order valence-electron chi connectivity index (χ3n) is 4.67. The second-order valence-corrected chi connectivity index (χ2v) is 9.44. The number of nitrogens with zero attached hydrogens (tertiary/aromatic N) is 1. The first-order chi connectivity index (χ1) is 14.3. The highest BCUT2D eigenvalue weighted by Gasteiger charge is 2.23. The molecule has 6 heteroatoms. The van der Waals surface area contributed by atoms with E-state index >= 15 is 0 Å². The molecule has 1 aromatic heterocycles. The molecular weight excluding hydrogens is 414 g/mol. The van der Waals surface area contributed by atoms with Gasteiger partial charge in [-0.25, -0.2) is 8.42 Å². The normalized spacial score (nSPS) is 10.9. The molecule has 0 N–H and O–H groups in total. The Labute approximate surface area is 181 Å². The third kappa shape index (κ3) is 5.21. The summed E-state index contributed by atoms with van der Waals surface area (Å²) in [6.45, 7) is 3.99. The van der Waals surface area contributed by atoms with Crippen LogP contribution >= 0.6 is 11.3 Å². The minimum absolute atomic E-state index is 0.178. The van der Waals surface area contributed by atoms with E-state index in [-0.39, 0.29) is 4.90 Å². The molecule has 0 unspecified atom stereocenters. The lowest BCUT2D eigenvalue weighted by atomic mass is 10.1. The Morgan fingerprint density at radius 2 is 1.27 bits per heavy atom. The van der Waals surface area contributed by atoms with Gasteiger partial charge in [-0.1, -0.05) is 77.6 Å². The fraction of sp³-hybridized carbons (Fsp3) is 0.125. The first-order valence-corrected chi connectivity index (χ1v) is 11.6. The smallest absolute Gasteiger partial charge is 0.234 e. The Morgan fingerprint density at radius 1 is 0.767 bits per heavy atom. The zero-order valence-corrected chi connectivity index (χ0v) is 18.7. The van der Waals surface area contributed by atoms with Crippen LogP contribution in [-0.2, 0) is 17.2 Å². The van der Waals surface area contributed by atoms with E-state index in [1.54, 1.807) is 12.1 Å². The van der Waals surface area contributed by atoms with Gasteiger partial charge < -0.3 is 4.55 Å². The zero-order valence-electron chi connectivity index (χ0n) is 17.1. The Kier molecular flexibility index (Phi) is 6.82. The zero-order chi connectivity index (χ0) is 21.7. The van der Waals surface area contributed by atoms with Gasteiger partial charge in [-0.2, -0.15) is 4.57 Å². The number of aromatic nitrogens is 1. The standard InChI is InChI=1S/C17H16NS.C7H8O3S/c1-13-18(2)16(14-9-5-3-6-10-14)17(19-13)15-11-7-4-8-12-15;1-6-2-4-7(5-3-6)11(8,9)10/h3-12H,1-2H3;2-5H,1H3,(H,8,9,10)/q+1;/p-1. The predicted octanol–water partition coefficient (Wildman–Crippen LogP) is 5.11. The van der Waals surface area contributed by atoms with Crippen molar-refractivity contribution in [1.29, 1.82) is 0 Å². The van der Waals surface area contributed by atoms with Crippen molar-refractivity contribution in [3.63, 3.8) is 0 Å². The van der Waals surface area contributed by atoms with Crippen molar-refractivity contribution >= 4 is 21.5 Å². The molecule has 0 spiro atoms. The van der Waals surface area contributed by atoms with Crippen molar-refractivity contribution in [3.8, 4) is 21.7 Å². The number of hydrogen-bond donors (Lipinski definition) is 0. The number of hydrogen-bond acceptors (Lipinski definition) is 4. The van der Waals surface area contributed by atoms with Gasteiger partial charge in [0.2, 0.25) is 10.7 Å². The molecule has 0 aliphatic heterocycles. The van der Waals surface area contributed by atoms with Crippen LogP contribution in [0.1, 0.15) is 10.6 Å². The topological polar surface area (TPSA) is 61.1 Å². The summed E-state index contributed by atoms with van der Waals surface area (Å²) >= 11 is 1.85. The van der Waals surface area contributed by atoms with Crippen LogP contribution in [0.2, 0.25) is 0 Å². The van der Waals surface area contributed by atoms with Crippen LogP contribution in [0.15, 0.2) is 89.8 Å². The fourth-order valence-corrected chi connectivity index (χ4v) is 4.58. The van der Waals surface area contributed by atoms with Gasteiger partial charge >= 0.3 is 0 Å². The van der Waals surface area contributed by atoms with Gasteiger partial charge in [-0.05, 0) is 36.8 Å². The molecular formula is C24H23NO3S2. The molecule has 4 rings (SSSR count). The quantitative estimate of drug-likeness (QED) is 0.330. The van der Waals surface area contributed by atoms with Gasteiger partial charge in [0.15, 0.2) is 0 Å². The molecule has 0 radical (unpaired) electrons. The summed E-state index contributed by atoms with van der Waals surface area (Å²) in [6, 6.07) is 27.0. The van der Waals surface area contributed by atoms with Crippen molar-refractivity contribution in [2.75, 3.05) is 0 Å². The maximum atomic E-state index is 10.4. The second kappa shape index (κ2) is 9.34. The van der Waals surface area contributed by atoms with Gasteiger partial charge in [0.25, 0.3) is 0 Å². The molecule has 0 aliphatic rings. The molecule has 0 aliphatic carbocycles. The maximum absolute atomic E-state index is 10.4. The number of benzene rings is 3. The predicted molar refractivity (Wildman–Crippen MR) is 120 cm³/mol. The van der Waals surface area contributed by atoms with Crippen molar-refractivity contribution in [3.05, 3.63) is 95.5 Å². The van der Waals surface area contributed by atoms with Gasteiger partial charge in [0.1, 0.15) is 22.0 Å². The number of rotatable bonds is 3. The highest BCUT2D eigenvalue weighted by Crippen LogP contribution is 2.34. The summed E-state index contributed by atoms with van der Waals surface area (Å²) in [7, 11) is -2.13. The average Bonchev–Trinajstić information content (AvgIpc) is 3.04. The third-order valence-corrected chi connectivity index (χ3v) is 6.72. The van der Waals surface area contributed by atoms with E-state index in [0.29, 0.717) is 0 Å². The summed E-state index contributed by atoms with van der Waals surface area (Å²) in [5.41, 5.74) is 4.79. The van der Waals surface area contributed by atoms with Crippen LogP contribution in [0.4, 0.5) is 0 Å². The van der Waals surface area contributed by atoms with E-state index < -0.39 is 10.1 Å². The van der Waals surface area contributed by atoms with Crippen molar-refractivity contribution in [2.45, 2.75) is 18.7 Å². The van der Waals surface area contributed by atoms with Crippen LogP contribution in [0, 0.1) is 13.8 Å². The molecule has 3 aromatic carbocycles. The first kappa shape index (κ1) is 21.9. The molecule has 0 atom stereocenters. The first-order valence-electron chi connectivity index (χ1n) is 9.40. The van der Waals surface area contributed by atoms with Gasteiger partial charge in [-0.15, -0.1) is 0 Å². The molecule has 0 saturated heterocycles. The van der Waals surface area contributed by atoms with E-state index in [1.807, 2.05) is 18.3 Å². The van der Waals surface area contributed by atoms with E-state index in [0.717, 1.165) is 5.56 Å². The van der Waals surface area contributed by atoms with Gasteiger partial charge in [0, 0.05) is 12.5 Å². The minimum Gasteiger partial charge on any atom is -0.744 e. The van der Waals surface area contributed by atoms with Gasteiger partial charge in [0.05, 0.1) is 4.90 Å². The Balaban J connectivity index is 0.000000199. The van der Waals surface area contributed by atoms with E-state index in [9.17, 15) is 13.0 Å². The minimum atomic E-state index is -4.27. The van der Waals surface area contributed by atoms with E-state index in [2.05, 4.69) is 79.2 Å². The van der Waals surface area contributed by atoms with Crippen molar-refractivity contribution in [2.24, 2.45) is 7.05 Å². The van der Waals surface area contributed by atoms with Crippen LogP contribution in [0.25, 0.3) is 21.7 Å². The van der Waals surface area contributed by atoms with Crippen molar-refractivity contribution < 1.29 is 17.5 Å². The molecule has 154 valence electrons. The molecule has 4 nitrogen and oxygen atoms in total. The number of thiazole rings is 1. The van der Waals surface area contributed by atoms with Crippen LogP contribution < -0.4 is 4.57 Å². The molecule has 0 bridgehead atoms. The van der Waals surface area contributed by atoms with Crippen LogP contribution in [0.3, 0.4) is 0 Å². The summed E-state index contributed by atoms with van der Waals surface area (Å²) in [5.74, 6) is 0. The molecule has 0 amide bonds. The van der Waals surface area contributed by atoms with Crippen LogP contribution in [0.5, 0.6) is 0 Å². The monoisotopic (exact) mass is 437 g/mol. The van der Waals surface area contributed by atoms with Gasteiger partial charge in [-0.3, -0.25) is 0 Å². The molecule has 1 heterocycles. The maximum Gasteiger partial charge on any atom is 0.234 e. The Morgan fingerprint density at radius 3 is 1.77 bits per heavy atom. The Bertz CT molecular complexity index is 1210. The lowest BCUT2D eigenvalue weighted by molar-refractivity contribution is -0.661. The van der Waals surface area contributed by atoms with Crippen LogP contribution in [-0.4, -0.2) is 13.0 Å². The lowest BCUT2D eigenvalue weighted by Gasteiger charge is -2.05. The second-order valence-electron chi connectivity index (χ2n) is 6.86. The molecule has 0 saturated carbocycles. The molecule has 0 fully saturated rings. The van der Waals surface area contributed by atoms with Crippen molar-refractivity contribution in [1.82, 2.24) is 0 Å². The summed E-state index contributed by atoms with van der Waals surface area (Å²) in [4.78, 5) is 1.16.